The van der Waals surface area contributed by atoms with Crippen LogP contribution in [-0.2, 0) is 24.2 Å². The van der Waals surface area contributed by atoms with E-state index in [0.29, 0.717) is 17.2 Å². The molecule has 1 rings (SSSR count). The molecule has 8 nitrogen and oxygen atoms in total. The van der Waals surface area contributed by atoms with E-state index in [4.69, 9.17) is 9.78 Å². The van der Waals surface area contributed by atoms with Gasteiger partial charge in [0.05, 0.1) is 0 Å². The number of nitrogens with one attached hydrogen (secondary N) is 1. The van der Waals surface area contributed by atoms with E-state index in [-0.39, 0.29) is 6.42 Å². The van der Waals surface area contributed by atoms with Crippen molar-refractivity contribution in [2.24, 2.45) is 5.41 Å². The van der Waals surface area contributed by atoms with Gasteiger partial charge in [-0.3, -0.25) is 9.59 Å². The van der Waals surface area contributed by atoms with Crippen molar-refractivity contribution < 1.29 is 29.3 Å². The fraction of sp³-hybridized carbons (Fsp3) is 0.786. The van der Waals surface area contributed by atoms with Gasteiger partial charge < -0.3 is 5.11 Å². The topological polar surface area (TPSA) is 105 Å². The zero-order valence-corrected chi connectivity index (χ0v) is 14.7. The number of unbranched alkanes of at least 4 members (excludes halogenated alkanes) is 1. The molecule has 1 saturated heterocycles. The highest BCUT2D eigenvalue weighted by molar-refractivity contribution is 8.01. The van der Waals surface area contributed by atoms with Gasteiger partial charge >= 0.3 is 5.97 Å². The standard InChI is InChI=1S/C14H24N2O6S/c1-5-6-9-23-14(4,12(19)20)21-15-22-16-10(17)7-8-13(2,3)11(16)18/h15H,5-9H2,1-4H3,(H,19,20). The van der Waals surface area contributed by atoms with Crippen LogP contribution >= 0.6 is 11.8 Å². The summed E-state index contributed by atoms with van der Waals surface area (Å²) in [6.07, 6.45) is 2.38. The van der Waals surface area contributed by atoms with E-state index in [1.54, 1.807) is 13.8 Å². The van der Waals surface area contributed by atoms with E-state index in [2.05, 4.69) is 0 Å². The molecule has 2 N–H and O–H groups in total. The molecule has 23 heavy (non-hydrogen) atoms. The number of aliphatic carboxylic acids is 1. The zero-order chi connectivity index (χ0) is 17.7. The quantitative estimate of drug-likeness (QED) is 0.281. The number of piperidine rings is 1. The van der Waals surface area contributed by atoms with Crippen molar-refractivity contribution in [2.45, 2.75) is 58.3 Å². The predicted octanol–water partition coefficient (Wildman–Crippen LogP) is 1.86. The Morgan fingerprint density at radius 1 is 1.48 bits per heavy atom. The average Bonchev–Trinajstić information content (AvgIpc) is 2.47. The van der Waals surface area contributed by atoms with Crippen LogP contribution in [0.25, 0.3) is 0 Å². The fourth-order valence-electron chi connectivity index (χ4n) is 1.79. The molecule has 0 bridgehead atoms. The van der Waals surface area contributed by atoms with Gasteiger partial charge in [-0.05, 0) is 25.5 Å². The second-order valence-electron chi connectivity index (χ2n) is 6.11. The van der Waals surface area contributed by atoms with Gasteiger partial charge in [-0.15, -0.1) is 21.8 Å². The van der Waals surface area contributed by atoms with Crippen LogP contribution in [0.5, 0.6) is 0 Å². The molecule has 132 valence electrons. The first-order valence-corrected chi connectivity index (χ1v) is 8.47. The number of imide groups is 1. The summed E-state index contributed by atoms with van der Waals surface area (Å²) in [5.41, 5.74) is 1.26. The number of carbonyl (C=O) groups excluding carboxylic acids is 2. The van der Waals surface area contributed by atoms with Crippen molar-refractivity contribution in [2.75, 3.05) is 5.75 Å². The SMILES string of the molecule is CCCCSC(C)(ONON1C(=O)CCC(C)(C)C1=O)C(=O)O. The van der Waals surface area contributed by atoms with Crippen molar-refractivity contribution in [3.8, 4) is 0 Å². The van der Waals surface area contributed by atoms with Gasteiger partial charge in [-0.1, -0.05) is 32.8 Å². The molecule has 0 radical (unpaired) electrons. The molecule has 0 saturated carbocycles. The summed E-state index contributed by atoms with van der Waals surface area (Å²) in [6.45, 7) is 6.79. The molecular weight excluding hydrogens is 324 g/mol. The number of hydroxylamine groups is 2. The number of carbonyl (C=O) groups is 3. The van der Waals surface area contributed by atoms with Crippen LogP contribution in [0.2, 0.25) is 0 Å². The second-order valence-corrected chi connectivity index (χ2v) is 7.58. The summed E-state index contributed by atoms with van der Waals surface area (Å²) >= 11 is 1.09. The van der Waals surface area contributed by atoms with Crippen molar-refractivity contribution >= 4 is 29.5 Å². The summed E-state index contributed by atoms with van der Waals surface area (Å²) in [5, 5.41) is 9.85. The van der Waals surface area contributed by atoms with Gasteiger partial charge in [0.15, 0.2) is 0 Å². The molecule has 0 aliphatic carbocycles. The van der Waals surface area contributed by atoms with Crippen LogP contribution in [0.4, 0.5) is 0 Å². The van der Waals surface area contributed by atoms with Crippen LogP contribution in [0.1, 0.15) is 53.4 Å². The molecule has 1 fully saturated rings. The first-order chi connectivity index (χ1) is 10.6. The second kappa shape index (κ2) is 8.09. The Balaban J connectivity index is 2.60. The van der Waals surface area contributed by atoms with E-state index < -0.39 is 28.1 Å². The number of hydrogen-bond acceptors (Lipinski definition) is 7. The lowest BCUT2D eigenvalue weighted by molar-refractivity contribution is -0.302. The maximum Gasteiger partial charge on any atom is 0.348 e. The summed E-state index contributed by atoms with van der Waals surface area (Å²) in [5.74, 6) is -1.59. The molecule has 9 heteroatoms. The van der Waals surface area contributed by atoms with E-state index in [9.17, 15) is 19.5 Å². The van der Waals surface area contributed by atoms with Crippen molar-refractivity contribution in [1.82, 2.24) is 10.7 Å². The Hall–Kier alpha value is -1.16. The maximum absolute atomic E-state index is 12.1. The maximum atomic E-state index is 12.1. The lowest BCUT2D eigenvalue weighted by atomic mass is 9.84. The number of amides is 2. The third-order valence-corrected chi connectivity index (χ3v) is 4.88. The first kappa shape index (κ1) is 19.9. The number of carboxylic acids is 1. The zero-order valence-electron chi connectivity index (χ0n) is 13.9. The predicted molar refractivity (Wildman–Crippen MR) is 83.6 cm³/mol. The number of hydrogen-bond donors (Lipinski definition) is 2. The van der Waals surface area contributed by atoms with Crippen LogP contribution < -0.4 is 5.64 Å². The molecular formula is C14H24N2O6S. The van der Waals surface area contributed by atoms with Gasteiger partial charge in [0.1, 0.15) is 0 Å². The minimum Gasteiger partial charge on any atom is -0.478 e. The van der Waals surface area contributed by atoms with Gasteiger partial charge in [-0.25, -0.2) is 9.63 Å². The van der Waals surface area contributed by atoms with E-state index in [1.165, 1.54) is 6.92 Å². The Morgan fingerprint density at radius 3 is 2.70 bits per heavy atom. The van der Waals surface area contributed by atoms with Crippen molar-refractivity contribution in [3.63, 3.8) is 0 Å². The smallest absolute Gasteiger partial charge is 0.348 e. The van der Waals surface area contributed by atoms with Gasteiger partial charge in [0.2, 0.25) is 4.93 Å². The molecule has 1 aliphatic heterocycles. The number of nitrogens with zero attached hydrogens (tertiary/aromatic N) is 1. The first-order valence-electron chi connectivity index (χ1n) is 7.49. The highest BCUT2D eigenvalue weighted by Crippen LogP contribution is 2.31. The summed E-state index contributed by atoms with van der Waals surface area (Å²) in [7, 11) is 0. The van der Waals surface area contributed by atoms with E-state index >= 15 is 0 Å². The molecule has 2 amide bonds. The van der Waals surface area contributed by atoms with Crippen LogP contribution in [0.15, 0.2) is 0 Å². The number of carboxylic acid groups (broad SMARTS) is 1. The average molecular weight is 348 g/mol. The highest BCUT2D eigenvalue weighted by Gasteiger charge is 2.42. The minimum atomic E-state index is -1.59. The molecule has 0 spiro atoms. The Bertz CT molecular complexity index is 470. The fourth-order valence-corrected chi connectivity index (χ4v) is 2.83. The lowest BCUT2D eigenvalue weighted by Crippen LogP contribution is -2.52. The molecule has 0 aromatic carbocycles. The Kier molecular flexibility index (Phi) is 7.00. The molecule has 1 atom stereocenters. The molecule has 1 aliphatic rings. The normalized spacial score (nSPS) is 20.4. The Labute approximate surface area is 139 Å². The summed E-state index contributed by atoms with van der Waals surface area (Å²) in [4.78, 5) is 43.6. The minimum absolute atomic E-state index is 0.169. The molecule has 0 aromatic heterocycles. The summed E-state index contributed by atoms with van der Waals surface area (Å²) < 4.78 is 0. The van der Waals surface area contributed by atoms with E-state index in [0.717, 1.165) is 24.6 Å². The van der Waals surface area contributed by atoms with E-state index in [1.807, 2.05) is 12.6 Å². The van der Waals surface area contributed by atoms with Crippen LogP contribution in [-0.4, -0.2) is 38.6 Å². The van der Waals surface area contributed by atoms with Crippen molar-refractivity contribution in [3.05, 3.63) is 0 Å². The third-order valence-electron chi connectivity index (χ3n) is 3.58. The van der Waals surface area contributed by atoms with Crippen LogP contribution in [0.3, 0.4) is 0 Å². The lowest BCUT2D eigenvalue weighted by Gasteiger charge is -2.34. The highest BCUT2D eigenvalue weighted by atomic mass is 32.2. The monoisotopic (exact) mass is 348 g/mol. The molecule has 0 aromatic rings. The van der Waals surface area contributed by atoms with Crippen molar-refractivity contribution in [1.29, 1.82) is 0 Å². The van der Waals surface area contributed by atoms with Gasteiger partial charge in [-0.2, -0.15) is 0 Å². The summed E-state index contributed by atoms with van der Waals surface area (Å²) in [6, 6.07) is 0. The van der Waals surface area contributed by atoms with Gasteiger partial charge in [0.25, 0.3) is 11.8 Å². The molecule has 1 heterocycles. The van der Waals surface area contributed by atoms with Crippen LogP contribution in [0, 0.1) is 5.41 Å². The number of thioether (sulfide) groups is 1. The van der Waals surface area contributed by atoms with Gasteiger partial charge in [0, 0.05) is 11.8 Å². The number of rotatable bonds is 9. The molecule has 1 unspecified atom stereocenters. The third kappa shape index (κ3) is 5.17. The Morgan fingerprint density at radius 2 is 2.13 bits per heavy atom. The largest absolute Gasteiger partial charge is 0.478 e.